The van der Waals surface area contributed by atoms with E-state index in [4.69, 9.17) is 5.21 Å². The number of fused-ring (bicyclic) bond motifs is 1. The van der Waals surface area contributed by atoms with Crippen LogP contribution in [0.5, 0.6) is 0 Å². The van der Waals surface area contributed by atoms with Crippen LogP contribution in [0.25, 0.3) is 0 Å². The lowest BCUT2D eigenvalue weighted by atomic mass is 10.2. The maximum Gasteiger partial charge on any atom is 0.0918 e. The van der Waals surface area contributed by atoms with E-state index in [1.54, 1.807) is 6.20 Å². The summed E-state index contributed by atoms with van der Waals surface area (Å²) < 4.78 is 0. The summed E-state index contributed by atoms with van der Waals surface area (Å²) in [6.07, 6.45) is 3.08. The van der Waals surface area contributed by atoms with Gasteiger partial charge in [-0.15, -0.1) is 0 Å². The van der Waals surface area contributed by atoms with Crippen LogP contribution < -0.4 is 10.6 Å². The van der Waals surface area contributed by atoms with Gasteiger partial charge >= 0.3 is 0 Å². The molecule has 0 bridgehead atoms. The van der Waals surface area contributed by atoms with E-state index in [2.05, 4.69) is 20.8 Å². The van der Waals surface area contributed by atoms with E-state index in [1.165, 1.54) is 6.21 Å². The summed E-state index contributed by atoms with van der Waals surface area (Å²) in [7, 11) is 0. The molecule has 13 heavy (non-hydrogen) atoms. The summed E-state index contributed by atoms with van der Waals surface area (Å²) in [5.74, 6) is 0. The Hall–Kier alpha value is -1.62. The maximum atomic E-state index is 8.32. The highest BCUT2D eigenvalue weighted by molar-refractivity contribution is 5.78. The van der Waals surface area contributed by atoms with Crippen LogP contribution in [0.4, 0.5) is 5.69 Å². The second kappa shape index (κ2) is 3.40. The number of anilines is 1. The lowest BCUT2D eigenvalue weighted by molar-refractivity contribution is 0.321. The number of hydrogen-bond acceptors (Lipinski definition) is 5. The lowest BCUT2D eigenvalue weighted by Gasteiger charge is -2.18. The molecule has 0 atom stereocenters. The minimum Gasteiger partial charge on any atom is -0.411 e. The highest BCUT2D eigenvalue weighted by atomic mass is 16.4. The van der Waals surface area contributed by atoms with Crippen LogP contribution in [0.1, 0.15) is 11.3 Å². The molecule has 1 aliphatic rings. The third kappa shape index (κ3) is 1.59. The molecule has 0 saturated heterocycles. The average molecular weight is 178 g/mol. The van der Waals surface area contributed by atoms with Crippen molar-refractivity contribution in [2.45, 2.75) is 6.54 Å². The molecule has 0 aliphatic carbocycles. The first-order chi connectivity index (χ1) is 6.40. The Bertz CT molecular complexity index is 337. The number of hydrogen-bond donors (Lipinski definition) is 3. The minimum absolute atomic E-state index is 0.649. The minimum atomic E-state index is 0.649. The zero-order valence-corrected chi connectivity index (χ0v) is 6.99. The molecule has 0 unspecified atom stereocenters. The fourth-order valence-corrected chi connectivity index (χ4v) is 1.29. The van der Waals surface area contributed by atoms with Crippen molar-refractivity contribution >= 4 is 11.9 Å². The summed E-state index contributed by atoms with van der Waals surface area (Å²) >= 11 is 0. The number of nitrogens with one attached hydrogen (secondary N) is 2. The first-order valence-electron chi connectivity index (χ1n) is 4.01. The van der Waals surface area contributed by atoms with E-state index in [0.29, 0.717) is 5.69 Å². The Labute approximate surface area is 75.5 Å². The van der Waals surface area contributed by atoms with Crippen molar-refractivity contribution in [1.29, 1.82) is 0 Å². The van der Waals surface area contributed by atoms with Gasteiger partial charge in [0.05, 0.1) is 18.6 Å². The van der Waals surface area contributed by atoms with Gasteiger partial charge in [-0.2, -0.15) is 0 Å². The van der Waals surface area contributed by atoms with Crippen molar-refractivity contribution < 1.29 is 5.21 Å². The molecule has 2 rings (SSSR count). The third-order valence-corrected chi connectivity index (χ3v) is 1.92. The van der Waals surface area contributed by atoms with Crippen molar-refractivity contribution in [3.05, 3.63) is 23.5 Å². The van der Waals surface area contributed by atoms with Gasteiger partial charge in [-0.05, 0) is 6.07 Å². The van der Waals surface area contributed by atoms with Crippen molar-refractivity contribution in [1.82, 2.24) is 10.3 Å². The van der Waals surface area contributed by atoms with E-state index in [9.17, 15) is 0 Å². The second-order valence-electron chi connectivity index (χ2n) is 2.79. The number of rotatable bonds is 1. The van der Waals surface area contributed by atoms with Crippen molar-refractivity contribution in [2.24, 2.45) is 5.16 Å². The van der Waals surface area contributed by atoms with Gasteiger partial charge < -0.3 is 10.5 Å². The van der Waals surface area contributed by atoms with E-state index in [0.717, 1.165) is 24.5 Å². The molecule has 5 heteroatoms. The van der Waals surface area contributed by atoms with Crippen LogP contribution in [0.3, 0.4) is 0 Å². The molecular formula is C8H10N4O. The first kappa shape index (κ1) is 8.00. The third-order valence-electron chi connectivity index (χ3n) is 1.92. The predicted octanol–water partition coefficient (Wildman–Crippen LogP) is 0.362. The molecule has 1 aromatic rings. The topological polar surface area (TPSA) is 69.5 Å². The van der Waals surface area contributed by atoms with E-state index >= 15 is 0 Å². The Balaban J connectivity index is 2.35. The molecule has 5 nitrogen and oxygen atoms in total. The molecule has 0 saturated carbocycles. The summed E-state index contributed by atoms with van der Waals surface area (Å²) in [4.78, 5) is 4.09. The van der Waals surface area contributed by atoms with Gasteiger partial charge in [0.15, 0.2) is 0 Å². The molecule has 1 aromatic heterocycles. The number of aromatic nitrogens is 1. The molecule has 68 valence electrons. The Morgan fingerprint density at radius 2 is 2.54 bits per heavy atom. The van der Waals surface area contributed by atoms with Crippen LogP contribution >= 0.6 is 0 Å². The van der Waals surface area contributed by atoms with Crippen molar-refractivity contribution in [3.8, 4) is 0 Å². The summed E-state index contributed by atoms with van der Waals surface area (Å²) in [5.41, 5.74) is 2.82. The Kier molecular flexibility index (Phi) is 2.09. The molecule has 2 heterocycles. The Morgan fingerprint density at radius 1 is 1.62 bits per heavy atom. The fraction of sp³-hybridized carbons (Fsp3) is 0.250. The second-order valence-corrected chi connectivity index (χ2v) is 2.79. The molecule has 3 N–H and O–H groups in total. The standard InChI is InChI=1S/C8H10N4O/c13-12-4-7-1-8-6(3-10-7)2-9-5-11-8/h1,3-4,9,11,13H,2,5H2. The monoisotopic (exact) mass is 178 g/mol. The normalized spacial score (nSPS) is 15.4. The first-order valence-corrected chi connectivity index (χ1v) is 4.01. The molecule has 0 fully saturated rings. The van der Waals surface area contributed by atoms with Gasteiger partial charge in [0, 0.05) is 24.0 Å². The van der Waals surface area contributed by atoms with Crippen LogP contribution in [-0.4, -0.2) is 23.1 Å². The van der Waals surface area contributed by atoms with Gasteiger partial charge in [-0.1, -0.05) is 5.16 Å². The van der Waals surface area contributed by atoms with E-state index < -0.39 is 0 Å². The van der Waals surface area contributed by atoms with E-state index in [-0.39, 0.29) is 0 Å². The highest BCUT2D eigenvalue weighted by Gasteiger charge is 2.07. The smallest absolute Gasteiger partial charge is 0.0918 e. The number of nitrogens with zero attached hydrogens (tertiary/aromatic N) is 2. The van der Waals surface area contributed by atoms with Crippen LogP contribution in [-0.2, 0) is 6.54 Å². The quantitative estimate of drug-likeness (QED) is 0.330. The van der Waals surface area contributed by atoms with E-state index in [1.807, 2.05) is 6.07 Å². The summed E-state index contributed by atoms with van der Waals surface area (Å²) in [6.45, 7) is 1.58. The van der Waals surface area contributed by atoms with Crippen LogP contribution in [0.2, 0.25) is 0 Å². The number of oxime groups is 1. The molecule has 0 amide bonds. The SMILES string of the molecule is ON=Cc1cc2c(cn1)CNCN2. The van der Waals surface area contributed by atoms with Gasteiger partial charge in [-0.25, -0.2) is 0 Å². The van der Waals surface area contributed by atoms with Crippen molar-refractivity contribution in [3.63, 3.8) is 0 Å². The predicted molar refractivity (Wildman–Crippen MR) is 48.9 cm³/mol. The number of pyridine rings is 1. The zero-order chi connectivity index (χ0) is 9.10. The van der Waals surface area contributed by atoms with Gasteiger partial charge in [0.2, 0.25) is 0 Å². The summed E-state index contributed by atoms with van der Waals surface area (Å²) in [6, 6.07) is 1.86. The largest absolute Gasteiger partial charge is 0.411 e. The molecule has 0 spiro atoms. The van der Waals surface area contributed by atoms with Crippen LogP contribution in [0.15, 0.2) is 17.4 Å². The van der Waals surface area contributed by atoms with Gasteiger partial charge in [0.1, 0.15) is 0 Å². The van der Waals surface area contributed by atoms with Crippen molar-refractivity contribution in [2.75, 3.05) is 12.0 Å². The average Bonchev–Trinajstić information content (AvgIpc) is 2.18. The molecule has 0 aromatic carbocycles. The highest BCUT2D eigenvalue weighted by Crippen LogP contribution is 2.16. The van der Waals surface area contributed by atoms with Crippen LogP contribution in [0, 0.1) is 0 Å². The molecule has 0 radical (unpaired) electrons. The molecule has 1 aliphatic heterocycles. The molecular weight excluding hydrogens is 168 g/mol. The van der Waals surface area contributed by atoms with Gasteiger partial charge in [-0.3, -0.25) is 10.3 Å². The lowest BCUT2D eigenvalue weighted by Crippen LogP contribution is -2.27. The zero-order valence-electron chi connectivity index (χ0n) is 6.99. The maximum absolute atomic E-state index is 8.32. The Morgan fingerprint density at radius 3 is 3.38 bits per heavy atom. The summed E-state index contributed by atoms with van der Waals surface area (Å²) in [5, 5.41) is 17.6. The fourth-order valence-electron chi connectivity index (χ4n) is 1.29. The van der Waals surface area contributed by atoms with Gasteiger partial charge in [0.25, 0.3) is 0 Å².